The Kier molecular flexibility index (Phi) is 6.79. The number of rotatable bonds is 7. The molecule has 10 heteroatoms. The molecule has 4 aromatic carbocycles. The normalized spacial score (nSPS) is 14.1. The maximum atomic E-state index is 14.1. The topological polar surface area (TPSA) is 71.3 Å². The zero-order chi connectivity index (χ0) is 30.5. The van der Waals surface area contributed by atoms with Gasteiger partial charge < -0.3 is 15.0 Å². The van der Waals surface area contributed by atoms with E-state index in [9.17, 15) is 36.6 Å². The van der Waals surface area contributed by atoms with Crippen molar-refractivity contribution in [1.82, 2.24) is 9.88 Å². The van der Waals surface area contributed by atoms with E-state index >= 15 is 0 Å². The molecule has 218 valence electrons. The second kappa shape index (κ2) is 10.4. The number of aromatic nitrogens is 1. The summed E-state index contributed by atoms with van der Waals surface area (Å²) >= 11 is 0. The van der Waals surface area contributed by atoms with Crippen molar-refractivity contribution in [1.29, 1.82) is 0 Å². The molecule has 0 radical (unpaired) electrons. The Morgan fingerprint density at radius 3 is 2.09 bits per heavy atom. The predicted octanol–water partition coefficient (Wildman–Crippen LogP) is 7.77. The smallest absolute Gasteiger partial charge is 0.416 e. The molecule has 1 aliphatic carbocycles. The summed E-state index contributed by atoms with van der Waals surface area (Å²) < 4.78 is 69.3. The quantitative estimate of drug-likeness (QED) is 0.190. The Hall–Kier alpha value is -4.99. The second-order valence-corrected chi connectivity index (χ2v) is 10.6. The van der Waals surface area contributed by atoms with Crippen LogP contribution in [0.3, 0.4) is 0 Å². The summed E-state index contributed by atoms with van der Waals surface area (Å²) in [5, 5.41) is 12.8. The van der Waals surface area contributed by atoms with Gasteiger partial charge in [0.15, 0.2) is 0 Å². The zero-order valence-electron chi connectivity index (χ0n) is 22.4. The Morgan fingerprint density at radius 2 is 1.51 bits per heavy atom. The monoisotopic (exact) mass is 590 g/mol. The lowest BCUT2D eigenvalue weighted by Gasteiger charge is -2.20. The number of hydrogen-bond acceptors (Lipinski definition) is 2. The predicted molar refractivity (Wildman–Crippen MR) is 150 cm³/mol. The fourth-order valence-electron chi connectivity index (χ4n) is 5.42. The fraction of sp³-hybridized carbons (Fsp3) is 0.152. The zero-order valence-corrected chi connectivity index (χ0v) is 22.4. The first-order valence-corrected chi connectivity index (χ1v) is 13.3. The molecule has 1 heterocycles. The molecular weight excluding hydrogens is 567 g/mol. The third-order valence-electron chi connectivity index (χ3n) is 7.77. The molecule has 1 aliphatic rings. The van der Waals surface area contributed by atoms with Gasteiger partial charge >= 0.3 is 12.1 Å². The van der Waals surface area contributed by atoms with Gasteiger partial charge in [0.05, 0.1) is 27.7 Å². The molecule has 2 N–H and O–H groups in total. The third-order valence-corrected chi connectivity index (χ3v) is 7.77. The average Bonchev–Trinajstić information content (AvgIpc) is 3.63. The van der Waals surface area contributed by atoms with Crippen LogP contribution in [0.4, 0.5) is 22.0 Å². The van der Waals surface area contributed by atoms with Crippen molar-refractivity contribution < 1.29 is 36.6 Å². The highest BCUT2D eigenvalue weighted by Gasteiger charge is 2.46. The lowest BCUT2D eigenvalue weighted by Crippen LogP contribution is -2.35. The Balaban J connectivity index is 1.41. The van der Waals surface area contributed by atoms with Crippen LogP contribution in [0.1, 0.15) is 50.2 Å². The van der Waals surface area contributed by atoms with E-state index in [2.05, 4.69) is 5.32 Å². The first-order valence-electron chi connectivity index (χ1n) is 13.3. The minimum Gasteiger partial charge on any atom is -0.478 e. The highest BCUT2D eigenvalue weighted by atomic mass is 19.4. The van der Waals surface area contributed by atoms with Crippen molar-refractivity contribution in [3.63, 3.8) is 0 Å². The van der Waals surface area contributed by atoms with Crippen LogP contribution >= 0.6 is 0 Å². The molecule has 6 rings (SSSR count). The third kappa shape index (κ3) is 5.48. The lowest BCUT2D eigenvalue weighted by molar-refractivity contribution is -0.137. The van der Waals surface area contributed by atoms with Gasteiger partial charge in [0.2, 0.25) is 0 Å². The number of carbonyl (C=O) groups is 2. The number of hydrogen-bond donors (Lipinski definition) is 2. The fourth-order valence-corrected chi connectivity index (χ4v) is 5.42. The van der Waals surface area contributed by atoms with Crippen LogP contribution in [0.25, 0.3) is 22.0 Å². The molecule has 1 saturated carbocycles. The van der Waals surface area contributed by atoms with Crippen LogP contribution in [-0.2, 0) is 18.3 Å². The summed E-state index contributed by atoms with van der Waals surface area (Å²) in [4.78, 5) is 25.1. The Morgan fingerprint density at radius 1 is 0.860 bits per heavy atom. The van der Waals surface area contributed by atoms with Crippen LogP contribution in [0, 0.1) is 11.6 Å². The van der Waals surface area contributed by atoms with Gasteiger partial charge in [0.1, 0.15) is 11.6 Å². The van der Waals surface area contributed by atoms with Crippen LogP contribution in [-0.4, -0.2) is 21.6 Å². The molecule has 5 aromatic rings. The summed E-state index contributed by atoms with van der Waals surface area (Å²) in [5.41, 5.74) is 1.41. The number of halogens is 5. The molecular formula is C33H23F5N2O3. The van der Waals surface area contributed by atoms with E-state index in [1.807, 2.05) is 0 Å². The number of fused-ring (bicyclic) bond motifs is 1. The van der Waals surface area contributed by atoms with Gasteiger partial charge in [-0.25, -0.2) is 13.6 Å². The number of nitrogens with zero attached hydrogens (tertiary/aromatic N) is 1. The number of carbonyl (C=O) groups excluding carboxylic acids is 1. The molecule has 0 aliphatic heterocycles. The lowest BCUT2D eigenvalue weighted by atomic mass is 9.97. The first kappa shape index (κ1) is 28.1. The van der Waals surface area contributed by atoms with E-state index in [1.165, 1.54) is 36.4 Å². The standard InChI is InChI=1S/C33H23F5N2O3/c34-24-15-21(16-25(35)17-24)26-9-10-28(30(41)39-32(12-13-32)22-7-3-20(4-8-22)31(42)43)29-27(26)11-14-40(29)18-19-1-5-23(6-2-19)33(36,37)38/h1-11,14-17H,12-13,18H2,(H,39,41)(H,42,43). The molecule has 5 nitrogen and oxygen atoms in total. The number of nitrogens with one attached hydrogen (secondary N) is 1. The SMILES string of the molecule is O=C(O)c1ccc(C2(NC(=O)c3ccc(-c4cc(F)cc(F)c4)c4ccn(Cc5ccc(C(F)(F)F)cc5)c34)CC2)cc1. The summed E-state index contributed by atoms with van der Waals surface area (Å²) in [6.07, 6.45) is -1.52. The Labute approximate surface area is 242 Å². The molecule has 0 atom stereocenters. The molecule has 43 heavy (non-hydrogen) atoms. The van der Waals surface area contributed by atoms with Crippen molar-refractivity contribution in [2.45, 2.75) is 31.1 Å². The molecule has 1 fully saturated rings. The molecule has 1 amide bonds. The summed E-state index contributed by atoms with van der Waals surface area (Å²) in [6, 6.07) is 19.0. The highest BCUT2D eigenvalue weighted by molar-refractivity contribution is 6.10. The molecule has 0 spiro atoms. The molecule has 0 saturated heterocycles. The molecule has 0 bridgehead atoms. The van der Waals surface area contributed by atoms with Gasteiger partial charge in [-0.15, -0.1) is 0 Å². The summed E-state index contributed by atoms with van der Waals surface area (Å²) in [7, 11) is 0. The maximum Gasteiger partial charge on any atom is 0.416 e. The van der Waals surface area contributed by atoms with Crippen molar-refractivity contribution in [3.8, 4) is 11.1 Å². The van der Waals surface area contributed by atoms with Gasteiger partial charge in [-0.05, 0) is 83.6 Å². The van der Waals surface area contributed by atoms with Gasteiger partial charge in [-0.2, -0.15) is 13.2 Å². The largest absolute Gasteiger partial charge is 0.478 e. The summed E-state index contributed by atoms with van der Waals surface area (Å²) in [5.74, 6) is -3.01. The van der Waals surface area contributed by atoms with Crippen LogP contribution in [0.15, 0.2) is 91.1 Å². The summed E-state index contributed by atoms with van der Waals surface area (Å²) in [6.45, 7) is 0.130. The molecule has 1 aromatic heterocycles. The van der Waals surface area contributed by atoms with Crippen molar-refractivity contribution in [2.75, 3.05) is 0 Å². The van der Waals surface area contributed by atoms with Crippen molar-refractivity contribution >= 4 is 22.8 Å². The van der Waals surface area contributed by atoms with Gasteiger partial charge in [0.25, 0.3) is 5.91 Å². The van der Waals surface area contributed by atoms with Gasteiger partial charge in [-0.1, -0.05) is 30.3 Å². The Bertz CT molecular complexity index is 1850. The minimum atomic E-state index is -4.48. The van der Waals surface area contributed by atoms with Crippen molar-refractivity contribution in [3.05, 3.63) is 131 Å². The van der Waals surface area contributed by atoms with Crippen LogP contribution < -0.4 is 5.32 Å². The first-order chi connectivity index (χ1) is 20.4. The second-order valence-electron chi connectivity index (χ2n) is 10.6. The number of aromatic carboxylic acids is 1. The number of alkyl halides is 3. The van der Waals surface area contributed by atoms with Crippen LogP contribution in [0.5, 0.6) is 0 Å². The number of amides is 1. The van der Waals surface area contributed by atoms with E-state index in [0.717, 1.165) is 23.8 Å². The number of carboxylic acids is 1. The minimum absolute atomic E-state index is 0.123. The van der Waals surface area contributed by atoms with E-state index in [0.29, 0.717) is 34.9 Å². The average molecular weight is 591 g/mol. The van der Waals surface area contributed by atoms with Crippen molar-refractivity contribution in [2.24, 2.45) is 0 Å². The number of benzene rings is 4. The van der Waals surface area contributed by atoms with E-state index in [-0.39, 0.29) is 23.2 Å². The van der Waals surface area contributed by atoms with E-state index in [1.54, 1.807) is 41.1 Å². The number of carboxylic acid groups (broad SMARTS) is 1. The highest BCUT2D eigenvalue weighted by Crippen LogP contribution is 2.46. The van der Waals surface area contributed by atoms with Gasteiger partial charge in [-0.3, -0.25) is 4.79 Å². The van der Waals surface area contributed by atoms with Crippen LogP contribution in [0.2, 0.25) is 0 Å². The van der Waals surface area contributed by atoms with E-state index < -0.39 is 40.8 Å². The van der Waals surface area contributed by atoms with E-state index in [4.69, 9.17) is 0 Å². The maximum absolute atomic E-state index is 14.1. The van der Waals surface area contributed by atoms with Gasteiger partial charge in [0, 0.05) is 24.2 Å². The molecule has 0 unspecified atom stereocenters.